The summed E-state index contributed by atoms with van der Waals surface area (Å²) in [7, 11) is 3.58. The van der Waals surface area contributed by atoms with Gasteiger partial charge in [-0.1, -0.05) is 30.0 Å². The van der Waals surface area contributed by atoms with Crippen LogP contribution in [0, 0.1) is 11.8 Å². The summed E-state index contributed by atoms with van der Waals surface area (Å²) in [4.78, 5) is 14.7. The van der Waals surface area contributed by atoms with Crippen molar-refractivity contribution in [1.29, 1.82) is 0 Å². The summed E-state index contributed by atoms with van der Waals surface area (Å²) < 4.78 is 17.1. The normalized spacial score (nSPS) is 19.1. The first-order valence-electron chi connectivity index (χ1n) is 9.57. The third-order valence-corrected chi connectivity index (χ3v) is 5.18. The molecular formula is C24H23NO4. The van der Waals surface area contributed by atoms with Gasteiger partial charge in [0.05, 0.1) is 13.0 Å². The van der Waals surface area contributed by atoms with E-state index in [1.165, 1.54) is 0 Å². The molecule has 0 N–H and O–H groups in total. The fraction of sp³-hybridized carbons (Fsp3) is 0.292. The second-order valence-corrected chi connectivity index (χ2v) is 7.16. The van der Waals surface area contributed by atoms with Gasteiger partial charge in [0.25, 0.3) is 0 Å². The number of Topliss-reactive ketones (excluding diaryl/α,β-unsaturated/α-hetero) is 1. The Bertz CT molecular complexity index is 1030. The predicted molar refractivity (Wildman–Crippen MR) is 110 cm³/mol. The highest BCUT2D eigenvalue weighted by atomic mass is 16.7. The maximum absolute atomic E-state index is 12.6. The van der Waals surface area contributed by atoms with E-state index in [9.17, 15) is 4.79 Å². The third kappa shape index (κ3) is 3.66. The Kier molecular flexibility index (Phi) is 5.18. The van der Waals surface area contributed by atoms with Crippen molar-refractivity contribution in [1.82, 2.24) is 4.90 Å². The van der Waals surface area contributed by atoms with Crippen LogP contribution in [0.25, 0.3) is 0 Å². The molecule has 0 aliphatic carbocycles. The topological polar surface area (TPSA) is 48.0 Å². The van der Waals surface area contributed by atoms with Crippen molar-refractivity contribution in [2.24, 2.45) is 0 Å². The van der Waals surface area contributed by atoms with E-state index < -0.39 is 5.92 Å². The van der Waals surface area contributed by atoms with Crippen molar-refractivity contribution < 1.29 is 19.0 Å². The average molecular weight is 389 g/mol. The Balaban J connectivity index is 1.95. The third-order valence-electron chi connectivity index (χ3n) is 5.18. The lowest BCUT2D eigenvalue weighted by atomic mass is 9.83. The molecule has 1 unspecified atom stereocenters. The number of methoxy groups -OCH3 is 1. The van der Waals surface area contributed by atoms with Crippen LogP contribution in [0.2, 0.25) is 0 Å². The lowest BCUT2D eigenvalue weighted by Gasteiger charge is -2.27. The molecule has 4 rings (SSSR count). The van der Waals surface area contributed by atoms with Crippen molar-refractivity contribution >= 4 is 5.78 Å². The van der Waals surface area contributed by atoms with Gasteiger partial charge in [0.15, 0.2) is 17.3 Å². The second-order valence-electron chi connectivity index (χ2n) is 7.16. The summed E-state index contributed by atoms with van der Waals surface area (Å²) in [5.74, 6) is 7.97. The lowest BCUT2D eigenvalue weighted by Crippen LogP contribution is -2.23. The molecular weight excluding hydrogens is 366 g/mol. The summed E-state index contributed by atoms with van der Waals surface area (Å²) in [5.41, 5.74) is 3.47. The Morgan fingerprint density at radius 2 is 2.03 bits per heavy atom. The fourth-order valence-electron chi connectivity index (χ4n) is 3.75. The largest absolute Gasteiger partial charge is 0.492 e. The molecule has 0 amide bonds. The van der Waals surface area contributed by atoms with Gasteiger partial charge < -0.3 is 19.1 Å². The smallest absolute Gasteiger partial charge is 0.231 e. The molecule has 2 aliphatic rings. The average Bonchev–Trinajstić information content (AvgIpc) is 3.18. The summed E-state index contributed by atoms with van der Waals surface area (Å²) in [6, 6.07) is 11.8. The fourth-order valence-corrected chi connectivity index (χ4v) is 3.75. The molecule has 0 aromatic heterocycles. The highest BCUT2D eigenvalue weighted by Crippen LogP contribution is 2.49. The van der Waals surface area contributed by atoms with E-state index in [1.54, 1.807) is 14.0 Å². The number of carbonyl (C=O) groups is 1. The molecule has 0 bridgehead atoms. The van der Waals surface area contributed by atoms with Gasteiger partial charge in [-0.15, -0.1) is 0 Å². The quantitative estimate of drug-likeness (QED) is 0.736. The van der Waals surface area contributed by atoms with Gasteiger partial charge in [0, 0.05) is 36.5 Å². The summed E-state index contributed by atoms with van der Waals surface area (Å²) in [6.07, 6.45) is 2.68. The van der Waals surface area contributed by atoms with Crippen LogP contribution < -0.4 is 14.2 Å². The molecule has 0 fully saturated rings. The van der Waals surface area contributed by atoms with Gasteiger partial charge in [0.1, 0.15) is 0 Å². The van der Waals surface area contributed by atoms with Crippen LogP contribution in [0.15, 0.2) is 48.2 Å². The molecule has 0 saturated carbocycles. The highest BCUT2D eigenvalue weighted by Gasteiger charge is 2.32. The number of nitrogens with zero attached hydrogens (tertiary/aromatic N) is 1. The van der Waals surface area contributed by atoms with Gasteiger partial charge >= 0.3 is 0 Å². The maximum Gasteiger partial charge on any atom is 0.231 e. The number of fused-ring (bicyclic) bond motifs is 2. The van der Waals surface area contributed by atoms with Crippen LogP contribution in [0.4, 0.5) is 0 Å². The monoisotopic (exact) mass is 389 g/mol. The molecule has 0 spiro atoms. The van der Waals surface area contributed by atoms with E-state index >= 15 is 0 Å². The van der Waals surface area contributed by atoms with E-state index in [4.69, 9.17) is 14.2 Å². The highest BCUT2D eigenvalue weighted by molar-refractivity contribution is 5.96. The molecule has 2 aromatic carbocycles. The summed E-state index contributed by atoms with van der Waals surface area (Å²) >= 11 is 0. The van der Waals surface area contributed by atoms with E-state index in [2.05, 4.69) is 11.8 Å². The molecule has 0 radical (unpaired) electrons. The lowest BCUT2D eigenvalue weighted by molar-refractivity contribution is -0.113. The number of ether oxygens (including phenoxy) is 3. The van der Waals surface area contributed by atoms with E-state index in [-0.39, 0.29) is 12.6 Å². The predicted octanol–water partition coefficient (Wildman–Crippen LogP) is 3.52. The van der Waals surface area contributed by atoms with Gasteiger partial charge in [-0.2, -0.15) is 0 Å². The van der Waals surface area contributed by atoms with Crippen molar-refractivity contribution in [3.05, 3.63) is 64.9 Å². The van der Waals surface area contributed by atoms with Crippen LogP contribution in [0.1, 0.15) is 29.5 Å². The van der Waals surface area contributed by atoms with Gasteiger partial charge in [0.2, 0.25) is 12.5 Å². The Morgan fingerprint density at radius 3 is 2.76 bits per heavy atom. The molecule has 2 aromatic rings. The molecule has 5 nitrogen and oxygen atoms in total. The van der Waals surface area contributed by atoms with Gasteiger partial charge in [-0.25, -0.2) is 0 Å². The molecule has 148 valence electrons. The van der Waals surface area contributed by atoms with Crippen molar-refractivity contribution in [3.63, 3.8) is 0 Å². The second kappa shape index (κ2) is 7.92. The van der Waals surface area contributed by atoms with E-state index in [1.807, 2.05) is 54.5 Å². The molecule has 0 saturated heterocycles. The summed E-state index contributed by atoms with van der Waals surface area (Å²) in [6.45, 7) is 2.51. The maximum atomic E-state index is 12.6. The van der Waals surface area contributed by atoms with E-state index in [0.29, 0.717) is 22.8 Å². The molecule has 5 heteroatoms. The Hall–Kier alpha value is -3.39. The number of benzene rings is 2. The Morgan fingerprint density at radius 1 is 1.24 bits per heavy atom. The first-order chi connectivity index (χ1) is 14.1. The summed E-state index contributed by atoms with van der Waals surface area (Å²) in [5, 5.41) is 0. The van der Waals surface area contributed by atoms with Gasteiger partial charge in [-0.3, -0.25) is 4.79 Å². The van der Waals surface area contributed by atoms with Crippen LogP contribution in [0.5, 0.6) is 17.2 Å². The van der Waals surface area contributed by atoms with Crippen LogP contribution in [-0.2, 0) is 11.2 Å². The van der Waals surface area contributed by atoms with Crippen molar-refractivity contribution in [2.75, 3.05) is 27.5 Å². The minimum absolute atomic E-state index is 0.0169. The standard InChI is InChI=1S/C24H23NO4/c1-16(26)20-14-25(2)12-11-18-13-21-23(29-15-28-21)24(27-3)22(18)19(20)10-9-17-7-5-4-6-8-17/h4-8,13-14,19H,11-12,15H2,1-3H3/b20-14-. The van der Waals surface area contributed by atoms with Crippen LogP contribution in [-0.4, -0.2) is 38.2 Å². The number of hydrogen-bond acceptors (Lipinski definition) is 5. The zero-order chi connectivity index (χ0) is 20.4. The SMILES string of the molecule is COc1c2c(cc3c1C(C#Cc1ccccc1)/C(C(C)=O)=C\N(C)CC3)OCO2. The number of hydrogen-bond donors (Lipinski definition) is 0. The number of rotatable bonds is 2. The molecule has 1 atom stereocenters. The molecule has 2 heterocycles. The van der Waals surface area contributed by atoms with Crippen molar-refractivity contribution in [2.45, 2.75) is 19.3 Å². The zero-order valence-electron chi connectivity index (χ0n) is 16.8. The number of carbonyl (C=O) groups excluding carboxylic acids is 1. The Labute approximate surface area is 170 Å². The first-order valence-corrected chi connectivity index (χ1v) is 9.57. The molecule has 2 aliphatic heterocycles. The van der Waals surface area contributed by atoms with Gasteiger partial charge in [-0.05, 0) is 37.1 Å². The van der Waals surface area contributed by atoms with Crippen LogP contribution >= 0.6 is 0 Å². The van der Waals surface area contributed by atoms with Crippen molar-refractivity contribution in [3.8, 4) is 29.1 Å². The number of likely N-dealkylation sites (N-methyl/N-ethyl adjacent to an activating group) is 1. The molecule has 29 heavy (non-hydrogen) atoms. The zero-order valence-corrected chi connectivity index (χ0v) is 16.8. The first kappa shape index (κ1) is 18.9. The van der Waals surface area contributed by atoms with Crippen LogP contribution in [0.3, 0.4) is 0 Å². The number of allylic oxidation sites excluding steroid dienone is 1. The van der Waals surface area contributed by atoms with E-state index in [0.717, 1.165) is 29.7 Å². The minimum atomic E-state index is -0.435. The number of ketones is 1. The minimum Gasteiger partial charge on any atom is -0.492 e.